The molecule has 0 radical (unpaired) electrons. The maximum absolute atomic E-state index is 11.5. The van der Waals surface area contributed by atoms with Crippen LogP contribution in [0.25, 0.3) is 0 Å². The highest BCUT2D eigenvalue weighted by Gasteiger charge is 2.31. The molecule has 1 amide bonds. The average molecular weight is 215 g/mol. The van der Waals surface area contributed by atoms with Gasteiger partial charge in [0.05, 0.1) is 5.60 Å². The molecule has 0 aromatic heterocycles. The van der Waals surface area contributed by atoms with Crippen molar-refractivity contribution < 1.29 is 14.6 Å². The van der Waals surface area contributed by atoms with E-state index in [2.05, 4.69) is 5.32 Å². The Labute approximate surface area is 91.0 Å². The van der Waals surface area contributed by atoms with Crippen LogP contribution >= 0.6 is 0 Å². The van der Waals surface area contributed by atoms with Gasteiger partial charge in [-0.25, -0.2) is 0 Å². The van der Waals surface area contributed by atoms with Gasteiger partial charge in [-0.15, -0.1) is 0 Å². The Balaban J connectivity index is 2.26. The summed E-state index contributed by atoms with van der Waals surface area (Å²) in [5.74, 6) is -0.142. The van der Waals surface area contributed by atoms with Gasteiger partial charge < -0.3 is 15.2 Å². The van der Waals surface area contributed by atoms with E-state index in [0.29, 0.717) is 13.2 Å². The lowest BCUT2D eigenvalue weighted by atomic mass is 10.0. The van der Waals surface area contributed by atoms with Crippen LogP contribution < -0.4 is 5.32 Å². The van der Waals surface area contributed by atoms with E-state index < -0.39 is 11.7 Å². The normalized spacial score (nSPS) is 21.3. The van der Waals surface area contributed by atoms with Crippen LogP contribution in [0.15, 0.2) is 0 Å². The van der Waals surface area contributed by atoms with E-state index in [-0.39, 0.29) is 5.91 Å². The molecule has 0 bridgehead atoms. The smallest absolute Gasteiger partial charge is 0.248 e. The molecule has 0 aromatic carbocycles. The monoisotopic (exact) mass is 215 g/mol. The maximum Gasteiger partial charge on any atom is 0.248 e. The number of hydrogen-bond donors (Lipinski definition) is 2. The van der Waals surface area contributed by atoms with Gasteiger partial charge in [0.2, 0.25) is 5.91 Å². The van der Waals surface area contributed by atoms with Crippen LogP contribution in [-0.4, -0.2) is 35.9 Å². The van der Waals surface area contributed by atoms with Crippen molar-refractivity contribution in [3.63, 3.8) is 0 Å². The first-order chi connectivity index (χ1) is 7.07. The molecule has 0 aliphatic heterocycles. The van der Waals surface area contributed by atoms with Gasteiger partial charge in [0, 0.05) is 13.2 Å². The quantitative estimate of drug-likeness (QED) is 0.714. The van der Waals surface area contributed by atoms with Gasteiger partial charge in [-0.1, -0.05) is 12.8 Å². The largest absolute Gasteiger partial charge is 0.388 e. The Bertz CT molecular complexity index is 212. The van der Waals surface area contributed by atoms with Gasteiger partial charge in [0.25, 0.3) is 0 Å². The second-order valence-corrected chi connectivity index (χ2v) is 4.25. The van der Waals surface area contributed by atoms with Crippen molar-refractivity contribution in [3.8, 4) is 0 Å². The van der Waals surface area contributed by atoms with Crippen LogP contribution in [0, 0.1) is 0 Å². The summed E-state index contributed by atoms with van der Waals surface area (Å²) in [5, 5.41) is 12.7. The van der Waals surface area contributed by atoms with Crippen molar-refractivity contribution in [1.29, 1.82) is 0 Å². The fraction of sp³-hybridized carbons (Fsp3) is 0.909. The van der Waals surface area contributed by atoms with Crippen LogP contribution in [0.2, 0.25) is 0 Å². The zero-order chi connectivity index (χ0) is 11.3. The van der Waals surface area contributed by atoms with Gasteiger partial charge in [0.15, 0.2) is 0 Å². The Morgan fingerprint density at radius 1 is 1.53 bits per heavy atom. The Morgan fingerprint density at radius 2 is 2.13 bits per heavy atom. The van der Waals surface area contributed by atoms with Crippen molar-refractivity contribution >= 4 is 5.91 Å². The SMILES string of the molecule is CCOC(C)C(=O)NCC1(O)CCCC1. The first-order valence-electron chi connectivity index (χ1n) is 5.69. The zero-order valence-electron chi connectivity index (χ0n) is 9.58. The molecule has 1 fully saturated rings. The first-order valence-corrected chi connectivity index (χ1v) is 5.69. The fourth-order valence-corrected chi connectivity index (χ4v) is 1.93. The van der Waals surface area contributed by atoms with Crippen molar-refractivity contribution in [2.75, 3.05) is 13.2 Å². The molecule has 1 rings (SSSR count). The van der Waals surface area contributed by atoms with E-state index in [4.69, 9.17) is 4.74 Å². The Hall–Kier alpha value is -0.610. The van der Waals surface area contributed by atoms with Gasteiger partial charge in [0.1, 0.15) is 6.10 Å². The number of amides is 1. The van der Waals surface area contributed by atoms with Crippen LogP contribution in [0.3, 0.4) is 0 Å². The molecule has 15 heavy (non-hydrogen) atoms. The van der Waals surface area contributed by atoms with Crippen molar-refractivity contribution in [3.05, 3.63) is 0 Å². The summed E-state index contributed by atoms with van der Waals surface area (Å²) < 4.78 is 5.16. The summed E-state index contributed by atoms with van der Waals surface area (Å²) in [6.45, 7) is 4.45. The lowest BCUT2D eigenvalue weighted by Gasteiger charge is -2.23. The highest BCUT2D eigenvalue weighted by atomic mass is 16.5. The van der Waals surface area contributed by atoms with E-state index in [1.807, 2.05) is 6.92 Å². The number of rotatable bonds is 5. The summed E-state index contributed by atoms with van der Waals surface area (Å²) in [7, 11) is 0. The fourth-order valence-electron chi connectivity index (χ4n) is 1.93. The van der Waals surface area contributed by atoms with Crippen LogP contribution in [0.1, 0.15) is 39.5 Å². The lowest BCUT2D eigenvalue weighted by Crippen LogP contribution is -2.44. The summed E-state index contributed by atoms with van der Waals surface area (Å²) in [6, 6.07) is 0. The number of aliphatic hydroxyl groups is 1. The number of carbonyl (C=O) groups excluding carboxylic acids is 1. The van der Waals surface area contributed by atoms with Gasteiger partial charge in [-0.3, -0.25) is 4.79 Å². The Kier molecular flexibility index (Phi) is 4.54. The molecule has 0 spiro atoms. The van der Waals surface area contributed by atoms with Crippen LogP contribution in [-0.2, 0) is 9.53 Å². The van der Waals surface area contributed by atoms with Crippen molar-refractivity contribution in [2.24, 2.45) is 0 Å². The Morgan fingerprint density at radius 3 is 2.67 bits per heavy atom. The number of ether oxygens (including phenoxy) is 1. The van der Waals surface area contributed by atoms with Crippen molar-refractivity contribution in [2.45, 2.75) is 51.2 Å². The third kappa shape index (κ3) is 3.80. The second-order valence-electron chi connectivity index (χ2n) is 4.25. The molecule has 2 N–H and O–H groups in total. The molecule has 0 heterocycles. The molecule has 0 saturated heterocycles. The van der Waals surface area contributed by atoms with E-state index in [9.17, 15) is 9.90 Å². The van der Waals surface area contributed by atoms with E-state index in [0.717, 1.165) is 25.7 Å². The molecule has 4 heteroatoms. The van der Waals surface area contributed by atoms with E-state index >= 15 is 0 Å². The van der Waals surface area contributed by atoms with Crippen molar-refractivity contribution in [1.82, 2.24) is 5.32 Å². The third-order valence-corrected chi connectivity index (χ3v) is 2.91. The lowest BCUT2D eigenvalue weighted by molar-refractivity contribution is -0.132. The van der Waals surface area contributed by atoms with Crippen LogP contribution in [0.5, 0.6) is 0 Å². The molecule has 1 saturated carbocycles. The van der Waals surface area contributed by atoms with Gasteiger partial charge >= 0.3 is 0 Å². The highest BCUT2D eigenvalue weighted by molar-refractivity contribution is 5.80. The average Bonchev–Trinajstić information content (AvgIpc) is 2.63. The highest BCUT2D eigenvalue weighted by Crippen LogP contribution is 2.28. The summed E-state index contributed by atoms with van der Waals surface area (Å²) >= 11 is 0. The summed E-state index contributed by atoms with van der Waals surface area (Å²) in [5.41, 5.74) is -0.679. The maximum atomic E-state index is 11.5. The van der Waals surface area contributed by atoms with E-state index in [1.54, 1.807) is 6.92 Å². The summed E-state index contributed by atoms with van der Waals surface area (Å²) in [6.07, 6.45) is 3.24. The van der Waals surface area contributed by atoms with Gasteiger partial charge in [-0.2, -0.15) is 0 Å². The number of nitrogens with one attached hydrogen (secondary N) is 1. The third-order valence-electron chi connectivity index (χ3n) is 2.91. The second kappa shape index (κ2) is 5.47. The van der Waals surface area contributed by atoms with E-state index in [1.165, 1.54) is 0 Å². The van der Waals surface area contributed by atoms with Crippen LogP contribution in [0.4, 0.5) is 0 Å². The number of hydrogen-bond acceptors (Lipinski definition) is 3. The van der Waals surface area contributed by atoms with Gasteiger partial charge in [-0.05, 0) is 26.7 Å². The zero-order valence-corrected chi connectivity index (χ0v) is 9.58. The molecule has 88 valence electrons. The summed E-state index contributed by atoms with van der Waals surface area (Å²) in [4.78, 5) is 11.5. The first kappa shape index (κ1) is 12.5. The minimum Gasteiger partial charge on any atom is -0.388 e. The molecular formula is C11H21NO3. The minimum atomic E-state index is -0.679. The molecular weight excluding hydrogens is 194 g/mol. The standard InChI is InChI=1S/C11H21NO3/c1-3-15-9(2)10(13)12-8-11(14)6-4-5-7-11/h9,14H,3-8H2,1-2H3,(H,12,13). The molecule has 1 aliphatic rings. The molecule has 1 aliphatic carbocycles. The predicted molar refractivity (Wildman–Crippen MR) is 57.5 cm³/mol. The molecule has 0 aromatic rings. The predicted octanol–water partition coefficient (Wildman–Crippen LogP) is 0.833. The molecule has 4 nitrogen and oxygen atoms in total. The topological polar surface area (TPSA) is 58.6 Å². The molecule has 1 atom stereocenters. The number of carbonyl (C=O) groups is 1. The minimum absolute atomic E-state index is 0.142. The molecule has 1 unspecified atom stereocenters.